The summed E-state index contributed by atoms with van der Waals surface area (Å²) in [7, 11) is 1.57. The van der Waals surface area contributed by atoms with Crippen molar-refractivity contribution < 1.29 is 9.13 Å². The molecule has 0 saturated heterocycles. The zero-order valence-corrected chi connectivity index (χ0v) is 11.1. The Morgan fingerprint density at radius 1 is 1.26 bits per heavy atom. The Balaban J connectivity index is 2.46. The van der Waals surface area contributed by atoms with Crippen molar-refractivity contribution in [3.63, 3.8) is 0 Å². The molecule has 19 heavy (non-hydrogen) atoms. The van der Waals surface area contributed by atoms with Crippen LogP contribution in [-0.2, 0) is 0 Å². The molecular formula is C14H14ClFN2O. The first-order valence-electron chi connectivity index (χ1n) is 5.71. The first-order chi connectivity index (χ1) is 9.17. The van der Waals surface area contributed by atoms with E-state index in [4.69, 9.17) is 22.2 Å². The van der Waals surface area contributed by atoms with E-state index in [0.29, 0.717) is 11.3 Å². The van der Waals surface area contributed by atoms with E-state index in [1.807, 2.05) is 18.2 Å². The molecule has 5 heteroatoms. The molecule has 100 valence electrons. The van der Waals surface area contributed by atoms with Crippen LogP contribution in [0.5, 0.6) is 5.75 Å². The van der Waals surface area contributed by atoms with Crippen molar-refractivity contribution in [2.45, 2.75) is 6.04 Å². The van der Waals surface area contributed by atoms with Crippen molar-refractivity contribution in [2.24, 2.45) is 5.84 Å². The molecule has 0 aliphatic rings. The molecule has 1 unspecified atom stereocenters. The SMILES string of the molecule is COc1cccc(C(NN)c2cccc(Cl)c2F)c1. The first kappa shape index (κ1) is 13.8. The number of rotatable bonds is 4. The Morgan fingerprint density at radius 2 is 2.00 bits per heavy atom. The van der Waals surface area contributed by atoms with Crippen molar-refractivity contribution in [3.05, 3.63) is 64.4 Å². The quantitative estimate of drug-likeness (QED) is 0.668. The van der Waals surface area contributed by atoms with Crippen LogP contribution in [0.3, 0.4) is 0 Å². The van der Waals surface area contributed by atoms with Crippen LogP contribution in [0.25, 0.3) is 0 Å². The van der Waals surface area contributed by atoms with Crippen molar-refractivity contribution in [3.8, 4) is 5.75 Å². The predicted octanol–water partition coefficient (Wildman–Crippen LogP) is 3.04. The molecule has 2 rings (SSSR count). The van der Waals surface area contributed by atoms with E-state index in [2.05, 4.69) is 5.43 Å². The minimum Gasteiger partial charge on any atom is -0.497 e. The molecule has 3 N–H and O–H groups in total. The highest BCUT2D eigenvalue weighted by Crippen LogP contribution is 2.29. The minimum atomic E-state index is -0.492. The predicted molar refractivity (Wildman–Crippen MR) is 73.6 cm³/mol. The molecular weight excluding hydrogens is 267 g/mol. The summed E-state index contributed by atoms with van der Waals surface area (Å²) in [6.07, 6.45) is 0. The number of ether oxygens (including phenoxy) is 1. The number of nitrogens with one attached hydrogen (secondary N) is 1. The maximum absolute atomic E-state index is 14.0. The maximum atomic E-state index is 14.0. The van der Waals surface area contributed by atoms with Gasteiger partial charge in [-0.25, -0.2) is 9.82 Å². The van der Waals surface area contributed by atoms with Crippen molar-refractivity contribution in [2.75, 3.05) is 7.11 Å². The third-order valence-corrected chi connectivity index (χ3v) is 3.18. The Bertz CT molecular complexity index is 577. The van der Waals surface area contributed by atoms with Gasteiger partial charge in [-0.15, -0.1) is 0 Å². The molecule has 0 aliphatic carbocycles. The first-order valence-corrected chi connectivity index (χ1v) is 6.09. The third kappa shape index (κ3) is 2.87. The van der Waals surface area contributed by atoms with E-state index in [9.17, 15) is 4.39 Å². The second-order valence-electron chi connectivity index (χ2n) is 4.02. The average Bonchev–Trinajstić information content (AvgIpc) is 2.44. The fraction of sp³-hybridized carbons (Fsp3) is 0.143. The van der Waals surface area contributed by atoms with Gasteiger partial charge in [-0.3, -0.25) is 5.84 Å². The van der Waals surface area contributed by atoms with Gasteiger partial charge in [0.05, 0.1) is 18.2 Å². The topological polar surface area (TPSA) is 47.3 Å². The molecule has 1 atom stereocenters. The van der Waals surface area contributed by atoms with E-state index in [0.717, 1.165) is 5.56 Å². The van der Waals surface area contributed by atoms with E-state index >= 15 is 0 Å². The summed E-state index contributed by atoms with van der Waals surface area (Å²) in [6, 6.07) is 11.6. The van der Waals surface area contributed by atoms with E-state index in [-0.39, 0.29) is 5.02 Å². The summed E-state index contributed by atoms with van der Waals surface area (Å²) < 4.78 is 19.2. The molecule has 0 spiro atoms. The maximum Gasteiger partial charge on any atom is 0.146 e. The van der Waals surface area contributed by atoms with Crippen LogP contribution in [0.15, 0.2) is 42.5 Å². The lowest BCUT2D eigenvalue weighted by Gasteiger charge is -2.18. The lowest BCUT2D eigenvalue weighted by Crippen LogP contribution is -2.29. The van der Waals surface area contributed by atoms with Gasteiger partial charge in [0.15, 0.2) is 0 Å². The number of hydrazine groups is 1. The molecule has 0 amide bonds. The molecule has 0 aromatic heterocycles. The molecule has 0 aliphatic heterocycles. The van der Waals surface area contributed by atoms with Crippen molar-refractivity contribution in [1.82, 2.24) is 5.43 Å². The monoisotopic (exact) mass is 280 g/mol. The fourth-order valence-electron chi connectivity index (χ4n) is 1.93. The number of benzene rings is 2. The fourth-order valence-corrected chi connectivity index (χ4v) is 2.11. The Hall–Kier alpha value is -1.62. The van der Waals surface area contributed by atoms with Crippen LogP contribution in [-0.4, -0.2) is 7.11 Å². The summed E-state index contributed by atoms with van der Waals surface area (Å²) in [5, 5.41) is 0.0700. The van der Waals surface area contributed by atoms with E-state index < -0.39 is 11.9 Å². The second-order valence-corrected chi connectivity index (χ2v) is 4.43. The zero-order valence-electron chi connectivity index (χ0n) is 10.4. The number of methoxy groups -OCH3 is 1. The van der Waals surface area contributed by atoms with Gasteiger partial charge in [0.25, 0.3) is 0 Å². The number of hydrogen-bond acceptors (Lipinski definition) is 3. The third-order valence-electron chi connectivity index (χ3n) is 2.89. The summed E-state index contributed by atoms with van der Waals surface area (Å²) in [5.41, 5.74) is 3.79. The molecule has 0 heterocycles. The largest absolute Gasteiger partial charge is 0.497 e. The summed E-state index contributed by atoms with van der Waals surface area (Å²) in [5.74, 6) is 5.75. The summed E-state index contributed by atoms with van der Waals surface area (Å²) >= 11 is 5.79. The molecule has 2 aromatic rings. The van der Waals surface area contributed by atoms with Gasteiger partial charge in [-0.2, -0.15) is 0 Å². The van der Waals surface area contributed by atoms with Gasteiger partial charge in [-0.1, -0.05) is 35.9 Å². The number of hydrogen-bond donors (Lipinski definition) is 2. The normalized spacial score (nSPS) is 12.2. The van der Waals surface area contributed by atoms with Gasteiger partial charge >= 0.3 is 0 Å². The van der Waals surface area contributed by atoms with Gasteiger partial charge in [-0.05, 0) is 23.8 Å². The highest BCUT2D eigenvalue weighted by atomic mass is 35.5. The van der Waals surface area contributed by atoms with Crippen LogP contribution in [0, 0.1) is 5.82 Å². The zero-order chi connectivity index (χ0) is 13.8. The van der Waals surface area contributed by atoms with Crippen LogP contribution in [0.4, 0.5) is 4.39 Å². The summed E-state index contributed by atoms with van der Waals surface area (Å²) in [6.45, 7) is 0. The molecule has 0 fully saturated rings. The van der Waals surface area contributed by atoms with Crippen LogP contribution in [0.2, 0.25) is 5.02 Å². The smallest absolute Gasteiger partial charge is 0.146 e. The highest BCUT2D eigenvalue weighted by Gasteiger charge is 2.18. The molecule has 2 aromatic carbocycles. The van der Waals surface area contributed by atoms with Gasteiger partial charge in [0.1, 0.15) is 11.6 Å². The molecule has 3 nitrogen and oxygen atoms in total. The standard InChI is InChI=1S/C14H14ClFN2O/c1-19-10-5-2-4-9(8-10)14(18-17)11-6-3-7-12(15)13(11)16/h2-8,14,18H,17H2,1H3. The second kappa shape index (κ2) is 6.02. The van der Waals surface area contributed by atoms with E-state index in [1.54, 1.807) is 25.3 Å². The van der Waals surface area contributed by atoms with Crippen LogP contribution < -0.4 is 16.0 Å². The Morgan fingerprint density at radius 3 is 2.68 bits per heavy atom. The minimum absolute atomic E-state index is 0.0700. The van der Waals surface area contributed by atoms with Crippen LogP contribution >= 0.6 is 11.6 Å². The molecule has 0 bridgehead atoms. The Kier molecular flexibility index (Phi) is 4.37. The van der Waals surface area contributed by atoms with Gasteiger partial charge in [0.2, 0.25) is 0 Å². The average molecular weight is 281 g/mol. The van der Waals surface area contributed by atoms with Crippen molar-refractivity contribution >= 4 is 11.6 Å². The number of nitrogens with two attached hydrogens (primary N) is 1. The highest BCUT2D eigenvalue weighted by molar-refractivity contribution is 6.30. The molecule has 0 radical (unpaired) electrons. The molecule has 0 saturated carbocycles. The van der Waals surface area contributed by atoms with Crippen molar-refractivity contribution in [1.29, 1.82) is 0 Å². The van der Waals surface area contributed by atoms with Gasteiger partial charge in [0, 0.05) is 5.56 Å². The van der Waals surface area contributed by atoms with E-state index in [1.165, 1.54) is 6.07 Å². The summed E-state index contributed by atoms with van der Waals surface area (Å²) in [4.78, 5) is 0. The van der Waals surface area contributed by atoms with Gasteiger partial charge < -0.3 is 4.74 Å². The number of halogens is 2. The van der Waals surface area contributed by atoms with Crippen LogP contribution in [0.1, 0.15) is 17.2 Å². The Labute approximate surface area is 116 Å². The lowest BCUT2D eigenvalue weighted by atomic mass is 9.98. The lowest BCUT2D eigenvalue weighted by molar-refractivity contribution is 0.413.